The highest BCUT2D eigenvalue weighted by Gasteiger charge is 2.32. The van der Waals surface area contributed by atoms with Gasteiger partial charge in [0.15, 0.2) is 0 Å². The van der Waals surface area contributed by atoms with E-state index in [4.69, 9.17) is 4.18 Å². The van der Waals surface area contributed by atoms with Crippen LogP contribution in [0.1, 0.15) is 52.0 Å². The Kier molecular flexibility index (Phi) is 7.56. The summed E-state index contributed by atoms with van der Waals surface area (Å²) in [5, 5.41) is 2.60. The summed E-state index contributed by atoms with van der Waals surface area (Å²) < 4.78 is 31.2. The molecule has 32 heavy (non-hydrogen) atoms. The van der Waals surface area contributed by atoms with Crippen molar-refractivity contribution in [1.82, 2.24) is 4.90 Å². The number of para-hydroxylation sites is 1. The molecular formula is C24H30N2O5S. The predicted octanol–water partition coefficient (Wildman–Crippen LogP) is 4.34. The van der Waals surface area contributed by atoms with Crippen molar-refractivity contribution in [1.29, 1.82) is 0 Å². The van der Waals surface area contributed by atoms with Crippen LogP contribution in [0.3, 0.4) is 0 Å². The molecule has 1 fully saturated rings. The van der Waals surface area contributed by atoms with Crippen LogP contribution in [0, 0.1) is 5.92 Å². The van der Waals surface area contributed by atoms with E-state index >= 15 is 0 Å². The van der Waals surface area contributed by atoms with E-state index in [1.54, 1.807) is 24.3 Å². The molecule has 0 aromatic heterocycles. The number of rotatable bonds is 9. The number of anilines is 1. The van der Waals surface area contributed by atoms with Gasteiger partial charge in [0.25, 0.3) is 0 Å². The number of amides is 2. The van der Waals surface area contributed by atoms with Gasteiger partial charge in [0.05, 0.1) is 0 Å². The van der Waals surface area contributed by atoms with Crippen molar-refractivity contribution in [2.45, 2.75) is 63.9 Å². The van der Waals surface area contributed by atoms with Crippen LogP contribution in [0.25, 0.3) is 0 Å². The third-order valence-electron chi connectivity index (χ3n) is 5.84. The summed E-state index contributed by atoms with van der Waals surface area (Å²) in [7, 11) is -4.09. The van der Waals surface area contributed by atoms with E-state index in [0.717, 1.165) is 25.7 Å². The molecule has 7 nitrogen and oxygen atoms in total. The minimum atomic E-state index is -4.09. The molecule has 1 unspecified atom stereocenters. The van der Waals surface area contributed by atoms with Gasteiger partial charge in [0, 0.05) is 36.7 Å². The van der Waals surface area contributed by atoms with Crippen molar-refractivity contribution in [2.75, 3.05) is 5.32 Å². The molecule has 1 saturated carbocycles. The Morgan fingerprint density at radius 1 is 1.12 bits per heavy atom. The second kappa shape index (κ2) is 10.2. The van der Waals surface area contributed by atoms with Gasteiger partial charge >= 0.3 is 10.1 Å². The molecule has 1 aliphatic rings. The van der Waals surface area contributed by atoms with Crippen LogP contribution >= 0.6 is 0 Å². The van der Waals surface area contributed by atoms with Gasteiger partial charge < -0.3 is 14.4 Å². The van der Waals surface area contributed by atoms with Crippen LogP contribution in [0.2, 0.25) is 0 Å². The van der Waals surface area contributed by atoms with Gasteiger partial charge in [-0.25, -0.2) is 0 Å². The van der Waals surface area contributed by atoms with Gasteiger partial charge in [-0.1, -0.05) is 31.5 Å². The van der Waals surface area contributed by atoms with Crippen LogP contribution in [0.5, 0.6) is 5.75 Å². The quantitative estimate of drug-likeness (QED) is 0.564. The van der Waals surface area contributed by atoms with Gasteiger partial charge in [-0.05, 0) is 56.5 Å². The first kappa shape index (κ1) is 23.8. The highest BCUT2D eigenvalue weighted by Crippen LogP contribution is 2.31. The highest BCUT2D eigenvalue weighted by molar-refractivity contribution is 7.87. The zero-order valence-electron chi connectivity index (χ0n) is 18.7. The molecule has 3 rings (SSSR count). The highest BCUT2D eigenvalue weighted by atomic mass is 32.2. The smallest absolute Gasteiger partial charge is 0.339 e. The lowest BCUT2D eigenvalue weighted by atomic mass is 9.84. The van der Waals surface area contributed by atoms with E-state index in [9.17, 15) is 18.0 Å². The molecule has 0 spiro atoms. The summed E-state index contributed by atoms with van der Waals surface area (Å²) in [6.45, 7) is 5.71. The Balaban J connectivity index is 1.82. The zero-order valence-corrected chi connectivity index (χ0v) is 19.5. The van der Waals surface area contributed by atoms with E-state index < -0.39 is 10.1 Å². The Bertz CT molecular complexity index is 1060. The summed E-state index contributed by atoms with van der Waals surface area (Å²) in [4.78, 5) is 26.0. The molecule has 0 radical (unpaired) electrons. The number of carbonyl (C=O) groups is 2. The van der Waals surface area contributed by atoms with Gasteiger partial charge in [-0.2, -0.15) is 8.42 Å². The average molecular weight is 459 g/mol. The maximum atomic E-state index is 13.0. The van der Waals surface area contributed by atoms with Crippen LogP contribution in [-0.4, -0.2) is 31.2 Å². The third-order valence-corrected chi connectivity index (χ3v) is 7.09. The molecule has 2 aromatic carbocycles. The standard InChI is InChI=1S/C24H30N2O5S/c1-4-17(2)26(24(28)19-9-7-10-19)16-20-8-5-6-11-23(20)31-32(29,30)22-14-12-21(13-15-22)25-18(3)27/h5-6,8,11-15,17,19H,4,7,9-10,16H2,1-3H3,(H,25,27). The Morgan fingerprint density at radius 3 is 2.34 bits per heavy atom. The van der Waals surface area contributed by atoms with Crippen molar-refractivity contribution < 1.29 is 22.2 Å². The number of nitrogens with one attached hydrogen (secondary N) is 1. The Morgan fingerprint density at radius 2 is 1.78 bits per heavy atom. The molecule has 2 amide bonds. The molecule has 0 saturated heterocycles. The molecule has 172 valence electrons. The maximum Gasteiger partial charge on any atom is 0.339 e. The summed E-state index contributed by atoms with van der Waals surface area (Å²) in [6, 6.07) is 12.7. The first-order chi connectivity index (χ1) is 15.2. The van der Waals surface area contributed by atoms with E-state index in [0.29, 0.717) is 11.3 Å². The molecule has 0 heterocycles. The number of hydrogen-bond donors (Lipinski definition) is 1. The lowest BCUT2D eigenvalue weighted by Crippen LogP contribution is -2.43. The summed E-state index contributed by atoms with van der Waals surface area (Å²) >= 11 is 0. The van der Waals surface area contributed by atoms with Crippen LogP contribution in [-0.2, 0) is 26.3 Å². The minimum Gasteiger partial charge on any atom is -0.379 e. The maximum absolute atomic E-state index is 13.0. The van der Waals surface area contributed by atoms with Crippen LogP contribution in [0.4, 0.5) is 5.69 Å². The summed E-state index contributed by atoms with van der Waals surface area (Å²) in [5.74, 6) is 0.140. The third kappa shape index (κ3) is 5.68. The van der Waals surface area contributed by atoms with E-state index in [1.807, 2.05) is 18.7 Å². The van der Waals surface area contributed by atoms with Gasteiger partial charge in [0.2, 0.25) is 11.8 Å². The van der Waals surface area contributed by atoms with Crippen molar-refractivity contribution in [3.8, 4) is 5.75 Å². The summed E-state index contributed by atoms with van der Waals surface area (Å²) in [5.41, 5.74) is 1.13. The molecule has 0 aliphatic heterocycles. The minimum absolute atomic E-state index is 0.0225. The first-order valence-corrected chi connectivity index (χ1v) is 12.3. The topological polar surface area (TPSA) is 92.8 Å². The lowest BCUT2D eigenvalue weighted by Gasteiger charge is -2.35. The van der Waals surface area contributed by atoms with E-state index in [2.05, 4.69) is 5.32 Å². The van der Waals surface area contributed by atoms with Gasteiger partial charge in [-0.15, -0.1) is 0 Å². The normalized spacial score (nSPS) is 14.8. The molecule has 1 aliphatic carbocycles. The number of carbonyl (C=O) groups excluding carboxylic acids is 2. The van der Waals surface area contributed by atoms with Crippen LogP contribution < -0.4 is 9.50 Å². The Labute approximate surface area is 189 Å². The summed E-state index contributed by atoms with van der Waals surface area (Å²) in [6.07, 6.45) is 3.70. The Hall–Kier alpha value is -2.87. The second-order valence-electron chi connectivity index (χ2n) is 8.20. The van der Waals surface area contributed by atoms with Gasteiger partial charge in [-0.3, -0.25) is 9.59 Å². The van der Waals surface area contributed by atoms with Crippen molar-refractivity contribution in [2.24, 2.45) is 5.92 Å². The molecule has 1 N–H and O–H groups in total. The van der Waals surface area contributed by atoms with Crippen LogP contribution in [0.15, 0.2) is 53.4 Å². The number of hydrogen-bond acceptors (Lipinski definition) is 5. The fraction of sp³-hybridized carbons (Fsp3) is 0.417. The van der Waals surface area contributed by atoms with E-state index in [-0.39, 0.29) is 41.0 Å². The van der Waals surface area contributed by atoms with Crippen molar-refractivity contribution in [3.63, 3.8) is 0 Å². The zero-order chi connectivity index (χ0) is 23.3. The molecule has 2 aromatic rings. The monoisotopic (exact) mass is 458 g/mol. The predicted molar refractivity (Wildman–Crippen MR) is 123 cm³/mol. The molecule has 0 bridgehead atoms. The van der Waals surface area contributed by atoms with Crippen molar-refractivity contribution in [3.05, 3.63) is 54.1 Å². The fourth-order valence-electron chi connectivity index (χ4n) is 3.53. The molecule has 8 heteroatoms. The fourth-order valence-corrected chi connectivity index (χ4v) is 4.50. The van der Waals surface area contributed by atoms with Crippen molar-refractivity contribution >= 4 is 27.6 Å². The SMILES string of the molecule is CCC(C)N(Cc1ccccc1OS(=O)(=O)c1ccc(NC(C)=O)cc1)C(=O)C1CCC1. The molecule has 1 atom stereocenters. The number of benzene rings is 2. The van der Waals surface area contributed by atoms with Gasteiger partial charge in [0.1, 0.15) is 10.6 Å². The second-order valence-corrected chi connectivity index (χ2v) is 9.75. The largest absolute Gasteiger partial charge is 0.379 e. The first-order valence-electron chi connectivity index (χ1n) is 10.9. The number of nitrogens with zero attached hydrogens (tertiary/aromatic N) is 1. The average Bonchev–Trinajstić information content (AvgIpc) is 2.71. The van der Waals surface area contributed by atoms with E-state index in [1.165, 1.54) is 31.2 Å². The lowest BCUT2D eigenvalue weighted by molar-refractivity contribution is -0.141. The molecular weight excluding hydrogens is 428 g/mol.